The molecule has 2 heterocycles. The van der Waals surface area contributed by atoms with Crippen LogP contribution in [0.1, 0.15) is 16.1 Å². The number of sulfonamides is 1. The van der Waals surface area contributed by atoms with Crippen LogP contribution in [0, 0.1) is 6.92 Å². The van der Waals surface area contributed by atoms with Gasteiger partial charge in [-0.15, -0.1) is 0 Å². The number of hydrogen-bond donors (Lipinski definition) is 2. The molecule has 0 spiro atoms. The first-order chi connectivity index (χ1) is 12.7. The second kappa shape index (κ2) is 6.87. The van der Waals surface area contributed by atoms with Crippen LogP contribution < -0.4 is 4.72 Å². The van der Waals surface area contributed by atoms with E-state index in [4.69, 9.17) is 23.2 Å². The van der Waals surface area contributed by atoms with Gasteiger partial charge in [-0.1, -0.05) is 29.3 Å². The van der Waals surface area contributed by atoms with Crippen molar-refractivity contribution in [2.24, 2.45) is 0 Å². The highest BCUT2D eigenvalue weighted by molar-refractivity contribution is 7.92. The molecule has 0 atom stereocenters. The number of methoxy groups -OCH3 is 1. The minimum absolute atomic E-state index is 0.0569. The Morgan fingerprint density at radius 1 is 1.30 bits per heavy atom. The molecule has 9 nitrogen and oxygen atoms in total. The van der Waals surface area contributed by atoms with E-state index in [1.165, 1.54) is 18.2 Å². The Hall–Kier alpha value is -2.56. The molecule has 2 aromatic heterocycles. The fourth-order valence-corrected chi connectivity index (χ4v) is 4.20. The van der Waals surface area contributed by atoms with Gasteiger partial charge in [0.25, 0.3) is 10.0 Å². The first kappa shape index (κ1) is 19.2. The second-order valence-corrected chi connectivity index (χ2v) is 7.78. The van der Waals surface area contributed by atoms with E-state index in [-0.39, 0.29) is 21.4 Å². The number of carbonyl (C=O) groups excluding carboxylic acids is 1. The number of hydrogen-bond acceptors (Lipinski definition) is 7. The number of halogens is 2. The minimum atomic E-state index is -4.41. The molecule has 1 aromatic carbocycles. The lowest BCUT2D eigenvalue weighted by molar-refractivity contribution is 0.0598. The predicted molar refractivity (Wildman–Crippen MR) is 98.0 cm³/mol. The number of anilines is 1. The Kier molecular flexibility index (Phi) is 4.89. The van der Waals surface area contributed by atoms with Gasteiger partial charge in [0.15, 0.2) is 5.65 Å². The fraction of sp³-hybridized carbons (Fsp3) is 0.133. The number of aromatic nitrogens is 3. The molecule has 12 heteroatoms. The zero-order chi connectivity index (χ0) is 19.9. The summed E-state index contributed by atoms with van der Waals surface area (Å²) < 4.78 is 33.8. The monoisotopic (exact) mass is 430 g/mol. The van der Waals surface area contributed by atoms with E-state index >= 15 is 0 Å². The number of benzene rings is 1. The maximum Gasteiger partial charge on any atom is 0.344 e. The normalized spacial score (nSPS) is 11.6. The highest BCUT2D eigenvalue weighted by Gasteiger charge is 2.32. The molecule has 0 aliphatic rings. The summed E-state index contributed by atoms with van der Waals surface area (Å²) in [5.74, 6) is -1.40. The van der Waals surface area contributed by atoms with Gasteiger partial charge < -0.3 is 9.84 Å². The second-order valence-electron chi connectivity index (χ2n) is 5.37. The highest BCUT2D eigenvalue weighted by Crippen LogP contribution is 2.33. The molecule has 0 aliphatic carbocycles. The van der Waals surface area contributed by atoms with Crippen LogP contribution in [0.25, 0.3) is 5.65 Å². The smallest absolute Gasteiger partial charge is 0.344 e. The number of carbonyl (C=O) groups is 1. The van der Waals surface area contributed by atoms with Crippen LogP contribution in [-0.2, 0) is 14.8 Å². The highest BCUT2D eigenvalue weighted by atomic mass is 35.5. The van der Waals surface area contributed by atoms with Gasteiger partial charge >= 0.3 is 5.97 Å². The summed E-state index contributed by atoms with van der Waals surface area (Å²) in [6.07, 6.45) is 0. The van der Waals surface area contributed by atoms with Gasteiger partial charge in [-0.05, 0) is 19.1 Å². The molecule has 0 unspecified atom stereocenters. The third-order valence-electron chi connectivity index (χ3n) is 3.56. The Morgan fingerprint density at radius 2 is 1.93 bits per heavy atom. The van der Waals surface area contributed by atoms with Crippen molar-refractivity contribution in [2.75, 3.05) is 11.8 Å². The zero-order valence-electron chi connectivity index (χ0n) is 13.9. The van der Waals surface area contributed by atoms with E-state index in [9.17, 15) is 18.3 Å². The lowest BCUT2D eigenvalue weighted by Gasteiger charge is -2.10. The number of aryl methyl sites for hydroxylation is 1. The average molecular weight is 431 g/mol. The Labute approximate surface area is 163 Å². The Balaban J connectivity index is 2.26. The van der Waals surface area contributed by atoms with Crippen LogP contribution in [0.2, 0.25) is 10.0 Å². The molecule has 2 N–H and O–H groups in total. The SMILES string of the molecule is COC(=O)c1c(S(=O)(=O)Nc2c(Cl)cccc2Cl)nn2c(C)cc(O)nc12. The molecule has 0 saturated heterocycles. The van der Waals surface area contributed by atoms with Crippen molar-refractivity contribution in [1.29, 1.82) is 0 Å². The molecular formula is C15H12Cl2N4O5S. The van der Waals surface area contributed by atoms with E-state index < -0.39 is 32.5 Å². The fourth-order valence-electron chi connectivity index (χ4n) is 2.37. The number of para-hydroxylation sites is 1. The van der Waals surface area contributed by atoms with E-state index in [1.54, 1.807) is 13.0 Å². The molecule has 0 bridgehead atoms. The molecule has 27 heavy (non-hydrogen) atoms. The van der Waals surface area contributed by atoms with E-state index in [2.05, 4.69) is 19.5 Å². The maximum absolute atomic E-state index is 12.9. The molecule has 3 rings (SSSR count). The number of nitrogens with one attached hydrogen (secondary N) is 1. The van der Waals surface area contributed by atoms with Gasteiger partial charge in [0.2, 0.25) is 10.9 Å². The molecule has 0 saturated carbocycles. The van der Waals surface area contributed by atoms with Crippen molar-refractivity contribution in [2.45, 2.75) is 11.9 Å². The van der Waals surface area contributed by atoms with Gasteiger partial charge in [0, 0.05) is 11.8 Å². The minimum Gasteiger partial charge on any atom is -0.493 e. The van der Waals surface area contributed by atoms with Crippen LogP contribution in [0.5, 0.6) is 5.88 Å². The lowest BCUT2D eigenvalue weighted by Crippen LogP contribution is -2.18. The standard InChI is InChI=1S/C15H12Cl2N4O5S/c1-7-6-10(22)18-13-11(15(23)26-2)14(19-21(7)13)27(24,25)20-12-8(16)4-3-5-9(12)17/h3-6,20H,1-2H3,(H,18,22). The molecule has 142 valence electrons. The van der Waals surface area contributed by atoms with Gasteiger partial charge in [0.1, 0.15) is 5.56 Å². The van der Waals surface area contributed by atoms with Crippen molar-refractivity contribution in [3.05, 3.63) is 45.6 Å². The van der Waals surface area contributed by atoms with E-state index in [1.807, 2.05) is 0 Å². The number of nitrogens with zero attached hydrogens (tertiary/aromatic N) is 3. The molecule has 0 aliphatic heterocycles. The van der Waals surface area contributed by atoms with Crippen molar-refractivity contribution < 1.29 is 23.1 Å². The number of fused-ring (bicyclic) bond motifs is 1. The van der Waals surface area contributed by atoms with Gasteiger partial charge in [-0.3, -0.25) is 4.72 Å². The molecule has 0 fully saturated rings. The average Bonchev–Trinajstić information content (AvgIpc) is 2.98. The van der Waals surface area contributed by atoms with Crippen LogP contribution in [0.15, 0.2) is 29.3 Å². The number of esters is 1. The summed E-state index contributed by atoms with van der Waals surface area (Å²) in [6.45, 7) is 1.55. The Morgan fingerprint density at radius 3 is 2.52 bits per heavy atom. The third kappa shape index (κ3) is 3.38. The molecule has 3 aromatic rings. The lowest BCUT2D eigenvalue weighted by atomic mass is 10.3. The van der Waals surface area contributed by atoms with Crippen molar-refractivity contribution in [3.8, 4) is 5.88 Å². The largest absolute Gasteiger partial charge is 0.493 e. The van der Waals surface area contributed by atoms with Crippen LogP contribution >= 0.6 is 23.2 Å². The summed E-state index contributed by atoms with van der Waals surface area (Å²) in [7, 11) is -3.33. The van der Waals surface area contributed by atoms with Crippen LogP contribution in [0.4, 0.5) is 5.69 Å². The Bertz CT molecular complexity index is 1160. The number of aromatic hydroxyl groups is 1. The molecule has 0 radical (unpaired) electrons. The van der Waals surface area contributed by atoms with E-state index in [0.717, 1.165) is 11.6 Å². The topological polar surface area (TPSA) is 123 Å². The third-order valence-corrected chi connectivity index (χ3v) is 5.46. The van der Waals surface area contributed by atoms with E-state index in [0.29, 0.717) is 5.69 Å². The summed E-state index contributed by atoms with van der Waals surface area (Å²) in [4.78, 5) is 16.0. The molecular weight excluding hydrogens is 419 g/mol. The summed E-state index contributed by atoms with van der Waals surface area (Å²) in [6, 6.07) is 5.69. The quantitative estimate of drug-likeness (QED) is 0.609. The predicted octanol–water partition coefficient (Wildman–Crippen LogP) is 2.64. The number of ether oxygens (including phenoxy) is 1. The summed E-state index contributed by atoms with van der Waals surface area (Å²) in [5.41, 5.74) is -0.335. The van der Waals surface area contributed by atoms with Crippen molar-refractivity contribution >= 4 is 50.5 Å². The first-order valence-corrected chi connectivity index (χ1v) is 9.54. The number of rotatable bonds is 4. The van der Waals surface area contributed by atoms with Crippen LogP contribution in [0.3, 0.4) is 0 Å². The van der Waals surface area contributed by atoms with Crippen molar-refractivity contribution in [1.82, 2.24) is 14.6 Å². The summed E-state index contributed by atoms with van der Waals surface area (Å²) in [5, 5.41) is 13.1. The van der Waals surface area contributed by atoms with Crippen LogP contribution in [-0.4, -0.2) is 41.2 Å². The van der Waals surface area contributed by atoms with Crippen molar-refractivity contribution in [3.63, 3.8) is 0 Å². The first-order valence-electron chi connectivity index (χ1n) is 7.30. The summed E-state index contributed by atoms with van der Waals surface area (Å²) >= 11 is 12.0. The zero-order valence-corrected chi connectivity index (χ0v) is 16.2. The molecule has 0 amide bonds. The maximum atomic E-state index is 12.9. The van der Waals surface area contributed by atoms with Gasteiger partial charge in [-0.2, -0.15) is 18.5 Å². The van der Waals surface area contributed by atoms with Gasteiger partial charge in [-0.25, -0.2) is 9.31 Å². The van der Waals surface area contributed by atoms with Gasteiger partial charge in [0.05, 0.1) is 22.8 Å².